The summed E-state index contributed by atoms with van der Waals surface area (Å²) in [4.78, 5) is 25.1. The number of hydrogen-bond donors (Lipinski definition) is 2. The van der Waals surface area contributed by atoms with E-state index < -0.39 is 0 Å². The minimum Gasteiger partial charge on any atom is -0.395 e. The average molecular weight is 361 g/mol. The van der Waals surface area contributed by atoms with Crippen molar-refractivity contribution >= 4 is 11.9 Å². The van der Waals surface area contributed by atoms with Gasteiger partial charge in [-0.1, -0.05) is 0 Å². The fraction of sp³-hybridized carbons (Fsp3) is 0.737. The maximum Gasteiger partial charge on any atom is 0.222 e. The molecule has 26 heavy (non-hydrogen) atoms. The molecule has 7 heteroatoms. The molecule has 0 saturated carbocycles. The van der Waals surface area contributed by atoms with Crippen LogP contribution in [-0.4, -0.2) is 69.6 Å². The van der Waals surface area contributed by atoms with Gasteiger partial charge in [0.15, 0.2) is 0 Å². The van der Waals surface area contributed by atoms with Crippen LogP contribution >= 0.6 is 0 Å². The van der Waals surface area contributed by atoms with E-state index in [4.69, 9.17) is 0 Å². The Morgan fingerprint density at radius 3 is 2.54 bits per heavy atom. The first-order valence-corrected chi connectivity index (χ1v) is 9.68. The van der Waals surface area contributed by atoms with Crippen LogP contribution in [0.1, 0.15) is 45.1 Å². The van der Waals surface area contributed by atoms with E-state index in [9.17, 15) is 9.90 Å². The minimum atomic E-state index is 0.0512. The van der Waals surface area contributed by atoms with Crippen LogP contribution < -0.4 is 5.32 Å². The Balaban J connectivity index is 1.51. The van der Waals surface area contributed by atoms with E-state index in [0.717, 1.165) is 51.0 Å². The van der Waals surface area contributed by atoms with Crippen LogP contribution in [0.4, 0.5) is 5.95 Å². The number of aliphatic hydroxyl groups excluding tert-OH is 1. The quantitative estimate of drug-likeness (QED) is 0.799. The fourth-order valence-corrected chi connectivity index (χ4v) is 4.05. The van der Waals surface area contributed by atoms with Crippen molar-refractivity contribution in [3.63, 3.8) is 0 Å². The lowest BCUT2D eigenvalue weighted by Gasteiger charge is -2.47. The summed E-state index contributed by atoms with van der Waals surface area (Å²) in [7, 11) is 0. The van der Waals surface area contributed by atoms with Gasteiger partial charge in [-0.25, -0.2) is 9.97 Å². The molecule has 2 N–H and O–H groups in total. The standard InChI is InChI=1S/C19H31N5O2/c1-15(2)22-18-20-11-16(12-21-18)13-23-7-5-19(6-8-23)4-3-17(26)24(14-19)9-10-25/h11-12,15,25H,3-10,13-14H2,1-2H3,(H,20,21,22). The van der Waals surface area contributed by atoms with Gasteiger partial charge in [-0.2, -0.15) is 0 Å². The second-order valence-electron chi connectivity index (χ2n) is 8.03. The number of carbonyl (C=O) groups is 1. The smallest absolute Gasteiger partial charge is 0.222 e. The molecule has 1 amide bonds. The van der Waals surface area contributed by atoms with Crippen molar-refractivity contribution in [2.45, 2.75) is 52.1 Å². The van der Waals surface area contributed by atoms with E-state index >= 15 is 0 Å². The lowest BCUT2D eigenvalue weighted by Crippen LogP contribution is -2.51. The number of amides is 1. The van der Waals surface area contributed by atoms with E-state index in [1.807, 2.05) is 17.3 Å². The molecular weight excluding hydrogens is 330 g/mol. The van der Waals surface area contributed by atoms with Crippen LogP contribution in [-0.2, 0) is 11.3 Å². The number of aromatic nitrogens is 2. The van der Waals surface area contributed by atoms with Gasteiger partial charge in [0.1, 0.15) is 0 Å². The largest absolute Gasteiger partial charge is 0.395 e. The highest BCUT2D eigenvalue weighted by Crippen LogP contribution is 2.40. The first-order valence-electron chi connectivity index (χ1n) is 9.68. The molecule has 1 spiro atoms. The molecule has 2 fully saturated rings. The lowest BCUT2D eigenvalue weighted by atomic mass is 9.72. The molecule has 0 unspecified atom stereocenters. The summed E-state index contributed by atoms with van der Waals surface area (Å²) in [5.74, 6) is 0.872. The van der Waals surface area contributed by atoms with Crippen molar-refractivity contribution in [1.29, 1.82) is 0 Å². The predicted molar refractivity (Wildman–Crippen MR) is 101 cm³/mol. The van der Waals surface area contributed by atoms with E-state index in [1.165, 1.54) is 0 Å². The van der Waals surface area contributed by atoms with Crippen molar-refractivity contribution in [3.8, 4) is 0 Å². The monoisotopic (exact) mass is 361 g/mol. The molecule has 0 aliphatic carbocycles. The number of aliphatic hydroxyl groups is 1. The number of rotatable bonds is 6. The molecule has 0 bridgehead atoms. The van der Waals surface area contributed by atoms with Gasteiger partial charge < -0.3 is 15.3 Å². The van der Waals surface area contributed by atoms with E-state index in [-0.39, 0.29) is 17.9 Å². The zero-order chi connectivity index (χ0) is 18.6. The second-order valence-corrected chi connectivity index (χ2v) is 8.03. The Hall–Kier alpha value is -1.73. The summed E-state index contributed by atoms with van der Waals surface area (Å²) in [5.41, 5.74) is 1.37. The van der Waals surface area contributed by atoms with Gasteiger partial charge in [0.25, 0.3) is 0 Å². The van der Waals surface area contributed by atoms with Crippen molar-refractivity contribution in [3.05, 3.63) is 18.0 Å². The lowest BCUT2D eigenvalue weighted by molar-refractivity contribution is -0.139. The van der Waals surface area contributed by atoms with Crippen LogP contribution in [0.3, 0.4) is 0 Å². The maximum atomic E-state index is 12.0. The van der Waals surface area contributed by atoms with E-state index in [0.29, 0.717) is 25.0 Å². The molecule has 3 rings (SSSR count). The molecule has 0 aromatic carbocycles. The molecule has 1 aromatic rings. The summed E-state index contributed by atoms with van der Waals surface area (Å²) < 4.78 is 0. The molecule has 2 aliphatic rings. The summed E-state index contributed by atoms with van der Waals surface area (Å²) in [6, 6.07) is 0.326. The Labute approximate surface area is 155 Å². The predicted octanol–water partition coefficient (Wildman–Crippen LogP) is 1.49. The summed E-state index contributed by atoms with van der Waals surface area (Å²) in [6.45, 7) is 8.41. The number of likely N-dealkylation sites (tertiary alicyclic amines) is 2. The highest BCUT2D eigenvalue weighted by molar-refractivity contribution is 5.77. The first kappa shape index (κ1) is 19.0. The number of nitrogens with zero attached hydrogens (tertiary/aromatic N) is 4. The maximum absolute atomic E-state index is 12.0. The van der Waals surface area contributed by atoms with Gasteiger partial charge in [-0.15, -0.1) is 0 Å². The van der Waals surface area contributed by atoms with Crippen molar-refractivity contribution in [2.75, 3.05) is 38.1 Å². The summed E-state index contributed by atoms with van der Waals surface area (Å²) in [5, 5.41) is 12.4. The summed E-state index contributed by atoms with van der Waals surface area (Å²) >= 11 is 0. The Bertz CT molecular complexity index is 596. The third-order valence-corrected chi connectivity index (χ3v) is 5.56. The number of anilines is 1. The van der Waals surface area contributed by atoms with Gasteiger partial charge >= 0.3 is 0 Å². The number of hydrogen-bond acceptors (Lipinski definition) is 6. The van der Waals surface area contributed by atoms with Gasteiger partial charge in [-0.3, -0.25) is 9.69 Å². The third-order valence-electron chi connectivity index (χ3n) is 5.56. The first-order chi connectivity index (χ1) is 12.5. The van der Waals surface area contributed by atoms with Gasteiger partial charge in [0.2, 0.25) is 11.9 Å². The topological polar surface area (TPSA) is 81.6 Å². The van der Waals surface area contributed by atoms with Crippen molar-refractivity contribution in [1.82, 2.24) is 19.8 Å². The molecular formula is C19H31N5O2. The van der Waals surface area contributed by atoms with Crippen LogP contribution in [0.25, 0.3) is 0 Å². The molecule has 2 aliphatic heterocycles. The highest BCUT2D eigenvalue weighted by Gasteiger charge is 2.40. The van der Waals surface area contributed by atoms with Crippen LogP contribution in [0.5, 0.6) is 0 Å². The Morgan fingerprint density at radius 2 is 1.92 bits per heavy atom. The number of carbonyl (C=O) groups excluding carboxylic acids is 1. The number of β-amino-alcohol motifs (C(OH)–C–C–N with tert-alkyl or cyclic N) is 1. The van der Waals surface area contributed by atoms with Crippen LogP contribution in [0, 0.1) is 5.41 Å². The Morgan fingerprint density at radius 1 is 1.23 bits per heavy atom. The molecule has 0 radical (unpaired) electrons. The third kappa shape index (κ3) is 4.71. The Kier molecular flexibility index (Phi) is 6.09. The minimum absolute atomic E-state index is 0.0512. The van der Waals surface area contributed by atoms with Gasteiger partial charge in [0.05, 0.1) is 6.61 Å². The van der Waals surface area contributed by atoms with E-state index in [1.54, 1.807) is 0 Å². The van der Waals surface area contributed by atoms with Gasteiger partial charge in [0, 0.05) is 50.1 Å². The number of nitrogens with one attached hydrogen (secondary N) is 1. The van der Waals surface area contributed by atoms with Crippen molar-refractivity contribution < 1.29 is 9.90 Å². The molecule has 0 atom stereocenters. The fourth-order valence-electron chi connectivity index (χ4n) is 4.05. The van der Waals surface area contributed by atoms with Crippen LogP contribution in [0.2, 0.25) is 0 Å². The average Bonchev–Trinajstić information content (AvgIpc) is 2.62. The second kappa shape index (κ2) is 8.31. The van der Waals surface area contributed by atoms with Crippen molar-refractivity contribution in [2.24, 2.45) is 5.41 Å². The zero-order valence-corrected chi connectivity index (χ0v) is 15.9. The van der Waals surface area contributed by atoms with Crippen LogP contribution in [0.15, 0.2) is 12.4 Å². The molecule has 2 saturated heterocycles. The SMILES string of the molecule is CC(C)Nc1ncc(CN2CCC3(CCC(=O)N(CCO)C3)CC2)cn1. The number of piperidine rings is 2. The van der Waals surface area contributed by atoms with E-state index in [2.05, 4.69) is 34.0 Å². The zero-order valence-electron chi connectivity index (χ0n) is 15.9. The highest BCUT2D eigenvalue weighted by atomic mass is 16.3. The molecule has 7 nitrogen and oxygen atoms in total. The molecule has 1 aromatic heterocycles. The molecule has 144 valence electrons. The van der Waals surface area contributed by atoms with Gasteiger partial charge in [-0.05, 0) is 51.6 Å². The summed E-state index contributed by atoms with van der Waals surface area (Å²) in [6.07, 6.45) is 7.64. The molecule has 3 heterocycles. The normalized spacial score (nSPS) is 20.8.